The summed E-state index contributed by atoms with van der Waals surface area (Å²) in [5.74, 6) is -0.216. The van der Waals surface area contributed by atoms with Crippen LogP contribution in [-0.2, 0) is 6.54 Å². The molecule has 1 N–H and O–H groups in total. The zero-order valence-corrected chi connectivity index (χ0v) is 10.6. The van der Waals surface area contributed by atoms with E-state index in [-0.39, 0.29) is 5.82 Å². The van der Waals surface area contributed by atoms with E-state index in [9.17, 15) is 4.39 Å². The molecule has 0 amide bonds. The lowest BCUT2D eigenvalue weighted by Gasteiger charge is -2.10. The predicted octanol–water partition coefficient (Wildman–Crippen LogP) is 2.24. The summed E-state index contributed by atoms with van der Waals surface area (Å²) >= 11 is 3.17. The number of hydrogen-bond acceptors (Lipinski definition) is 2. The predicted molar refractivity (Wildman–Crippen MR) is 64.4 cm³/mol. The van der Waals surface area contributed by atoms with E-state index >= 15 is 0 Å². The molecule has 1 aromatic rings. The van der Waals surface area contributed by atoms with Gasteiger partial charge in [-0.1, -0.05) is 6.07 Å². The number of nitrogens with one attached hydrogen (secondary N) is 1. The van der Waals surface area contributed by atoms with Crippen LogP contribution in [0.25, 0.3) is 0 Å². The summed E-state index contributed by atoms with van der Waals surface area (Å²) in [6.45, 7) is 2.71. The molecule has 1 rings (SSSR count). The van der Waals surface area contributed by atoms with Gasteiger partial charge in [-0.2, -0.15) is 0 Å². The van der Waals surface area contributed by atoms with E-state index in [1.54, 1.807) is 12.1 Å². The largest absolute Gasteiger partial charge is 0.311 e. The quantitative estimate of drug-likeness (QED) is 0.829. The van der Waals surface area contributed by atoms with Crippen LogP contribution in [0.15, 0.2) is 22.7 Å². The van der Waals surface area contributed by atoms with Gasteiger partial charge in [0.15, 0.2) is 0 Å². The minimum atomic E-state index is -0.216. The van der Waals surface area contributed by atoms with Crippen LogP contribution in [0.1, 0.15) is 5.56 Å². The van der Waals surface area contributed by atoms with E-state index in [4.69, 9.17) is 0 Å². The molecule has 0 spiro atoms. The Labute approximate surface area is 98.6 Å². The monoisotopic (exact) mass is 274 g/mol. The third kappa shape index (κ3) is 4.73. The van der Waals surface area contributed by atoms with Gasteiger partial charge in [-0.3, -0.25) is 0 Å². The molecular weight excluding hydrogens is 259 g/mol. The SMILES string of the molecule is CN(C)CCNCc1ccc(F)c(Br)c1. The Hall–Kier alpha value is -0.450. The summed E-state index contributed by atoms with van der Waals surface area (Å²) in [5.41, 5.74) is 1.09. The highest BCUT2D eigenvalue weighted by Crippen LogP contribution is 2.16. The molecule has 0 aliphatic rings. The molecule has 0 bridgehead atoms. The Morgan fingerprint density at radius 2 is 2.13 bits per heavy atom. The van der Waals surface area contributed by atoms with Crippen molar-refractivity contribution < 1.29 is 4.39 Å². The molecule has 0 saturated heterocycles. The Morgan fingerprint density at radius 1 is 1.40 bits per heavy atom. The Bertz CT molecular complexity index is 315. The van der Waals surface area contributed by atoms with Crippen molar-refractivity contribution in [1.29, 1.82) is 0 Å². The topological polar surface area (TPSA) is 15.3 Å². The normalized spacial score (nSPS) is 11.0. The first-order valence-electron chi connectivity index (χ1n) is 4.89. The molecule has 0 aliphatic carbocycles. The molecule has 0 heterocycles. The summed E-state index contributed by atoms with van der Waals surface area (Å²) in [6.07, 6.45) is 0. The van der Waals surface area contributed by atoms with Crippen molar-refractivity contribution in [2.75, 3.05) is 27.2 Å². The van der Waals surface area contributed by atoms with Crippen LogP contribution in [0.4, 0.5) is 4.39 Å². The molecule has 0 aromatic heterocycles. The fourth-order valence-corrected chi connectivity index (χ4v) is 1.61. The smallest absolute Gasteiger partial charge is 0.137 e. The molecule has 0 radical (unpaired) electrons. The van der Waals surface area contributed by atoms with Gasteiger partial charge in [-0.25, -0.2) is 4.39 Å². The number of hydrogen-bond donors (Lipinski definition) is 1. The maximum Gasteiger partial charge on any atom is 0.137 e. The van der Waals surface area contributed by atoms with Gasteiger partial charge in [0.25, 0.3) is 0 Å². The maximum atomic E-state index is 12.9. The number of nitrogens with zero attached hydrogens (tertiary/aromatic N) is 1. The molecule has 0 fully saturated rings. The third-order valence-corrected chi connectivity index (χ3v) is 2.66. The molecule has 2 nitrogen and oxygen atoms in total. The van der Waals surface area contributed by atoms with Crippen LogP contribution in [0.3, 0.4) is 0 Å². The molecule has 0 unspecified atom stereocenters. The van der Waals surface area contributed by atoms with E-state index < -0.39 is 0 Å². The minimum Gasteiger partial charge on any atom is -0.311 e. The zero-order chi connectivity index (χ0) is 11.3. The number of rotatable bonds is 5. The van der Waals surface area contributed by atoms with Crippen LogP contribution in [-0.4, -0.2) is 32.1 Å². The van der Waals surface area contributed by atoms with Gasteiger partial charge < -0.3 is 10.2 Å². The minimum absolute atomic E-state index is 0.216. The van der Waals surface area contributed by atoms with Crippen molar-refractivity contribution >= 4 is 15.9 Å². The van der Waals surface area contributed by atoms with E-state index in [0.717, 1.165) is 25.2 Å². The second-order valence-corrected chi connectivity index (χ2v) is 4.58. The lowest BCUT2D eigenvalue weighted by atomic mass is 10.2. The van der Waals surface area contributed by atoms with Gasteiger partial charge in [0.1, 0.15) is 5.82 Å². The van der Waals surface area contributed by atoms with Crippen molar-refractivity contribution in [3.05, 3.63) is 34.1 Å². The molecule has 15 heavy (non-hydrogen) atoms. The first-order valence-corrected chi connectivity index (χ1v) is 5.68. The summed E-state index contributed by atoms with van der Waals surface area (Å²) < 4.78 is 13.4. The highest BCUT2D eigenvalue weighted by molar-refractivity contribution is 9.10. The van der Waals surface area contributed by atoms with Crippen LogP contribution in [0.5, 0.6) is 0 Å². The summed E-state index contributed by atoms with van der Waals surface area (Å²) in [5, 5.41) is 3.29. The van der Waals surface area contributed by atoms with Gasteiger partial charge in [0.2, 0.25) is 0 Å². The molecule has 0 aliphatic heterocycles. The fraction of sp³-hybridized carbons (Fsp3) is 0.455. The van der Waals surface area contributed by atoms with E-state index in [2.05, 4.69) is 26.1 Å². The average molecular weight is 275 g/mol. The Kier molecular flexibility index (Phi) is 5.22. The Morgan fingerprint density at radius 3 is 2.73 bits per heavy atom. The van der Waals surface area contributed by atoms with E-state index in [0.29, 0.717) is 4.47 Å². The summed E-state index contributed by atoms with van der Waals surface area (Å²) in [6, 6.07) is 5.08. The van der Waals surface area contributed by atoms with Crippen molar-refractivity contribution in [2.45, 2.75) is 6.54 Å². The van der Waals surface area contributed by atoms with Crippen molar-refractivity contribution in [2.24, 2.45) is 0 Å². The van der Waals surface area contributed by atoms with Crippen molar-refractivity contribution in [3.63, 3.8) is 0 Å². The zero-order valence-electron chi connectivity index (χ0n) is 9.06. The summed E-state index contributed by atoms with van der Waals surface area (Å²) in [7, 11) is 4.08. The average Bonchev–Trinajstić information content (AvgIpc) is 2.18. The molecular formula is C11H16BrFN2. The number of benzene rings is 1. The fourth-order valence-electron chi connectivity index (χ4n) is 1.18. The van der Waals surface area contributed by atoms with E-state index in [1.165, 1.54) is 6.07 Å². The van der Waals surface area contributed by atoms with Crippen LogP contribution in [0, 0.1) is 5.82 Å². The molecule has 0 atom stereocenters. The lowest BCUT2D eigenvalue weighted by Crippen LogP contribution is -2.26. The first-order chi connectivity index (χ1) is 7.09. The van der Waals surface area contributed by atoms with Crippen molar-refractivity contribution in [1.82, 2.24) is 10.2 Å². The van der Waals surface area contributed by atoms with Gasteiger partial charge in [0.05, 0.1) is 4.47 Å². The van der Waals surface area contributed by atoms with Crippen molar-refractivity contribution in [3.8, 4) is 0 Å². The molecule has 84 valence electrons. The van der Waals surface area contributed by atoms with Crippen LogP contribution in [0.2, 0.25) is 0 Å². The molecule has 0 saturated carbocycles. The second kappa shape index (κ2) is 6.20. The first kappa shape index (κ1) is 12.6. The molecule has 1 aromatic carbocycles. The number of halogens is 2. The van der Waals surface area contributed by atoms with Gasteiger partial charge in [-0.05, 0) is 47.7 Å². The molecule has 4 heteroatoms. The van der Waals surface area contributed by atoms with E-state index in [1.807, 2.05) is 14.1 Å². The van der Waals surface area contributed by atoms with Gasteiger partial charge in [0, 0.05) is 19.6 Å². The highest BCUT2D eigenvalue weighted by atomic mass is 79.9. The van der Waals surface area contributed by atoms with Gasteiger partial charge >= 0.3 is 0 Å². The summed E-state index contributed by atoms with van der Waals surface area (Å²) in [4.78, 5) is 2.12. The maximum absolute atomic E-state index is 12.9. The number of likely N-dealkylation sites (N-methyl/N-ethyl adjacent to an activating group) is 1. The standard InChI is InChI=1S/C11H16BrFN2/c1-15(2)6-5-14-8-9-3-4-11(13)10(12)7-9/h3-4,7,14H,5-6,8H2,1-2H3. The van der Waals surface area contributed by atoms with Crippen LogP contribution < -0.4 is 5.32 Å². The Balaban J connectivity index is 2.35. The second-order valence-electron chi connectivity index (χ2n) is 3.73. The third-order valence-electron chi connectivity index (χ3n) is 2.05. The van der Waals surface area contributed by atoms with Gasteiger partial charge in [-0.15, -0.1) is 0 Å². The highest BCUT2D eigenvalue weighted by Gasteiger charge is 1.99. The lowest BCUT2D eigenvalue weighted by molar-refractivity contribution is 0.400. The van der Waals surface area contributed by atoms with Crippen LogP contribution >= 0.6 is 15.9 Å².